The zero-order valence-electron chi connectivity index (χ0n) is 13.6. The maximum absolute atomic E-state index is 12.6. The predicted molar refractivity (Wildman–Crippen MR) is 86.6 cm³/mol. The Morgan fingerprint density at radius 2 is 1.48 bits per heavy atom. The number of ether oxygens (including phenoxy) is 1. The number of benzene rings is 2. The maximum atomic E-state index is 12.6. The molecular formula is C18H16F3NO3. The number of methoxy groups -OCH3 is 1. The lowest BCUT2D eigenvalue weighted by Crippen LogP contribution is -2.26. The van der Waals surface area contributed by atoms with Crippen molar-refractivity contribution in [2.75, 3.05) is 12.4 Å². The Labute approximate surface area is 142 Å². The predicted octanol–water partition coefficient (Wildman–Crippen LogP) is 4.18. The minimum atomic E-state index is -4.44. The first-order valence-electron chi connectivity index (χ1n) is 7.39. The van der Waals surface area contributed by atoms with Crippen LogP contribution in [0.3, 0.4) is 0 Å². The Hall–Kier alpha value is -2.83. The minimum absolute atomic E-state index is 0.180. The molecule has 0 heterocycles. The largest absolute Gasteiger partial charge is 0.465 e. The van der Waals surface area contributed by atoms with Crippen LogP contribution < -0.4 is 5.32 Å². The topological polar surface area (TPSA) is 55.4 Å². The first-order valence-corrected chi connectivity index (χ1v) is 7.39. The van der Waals surface area contributed by atoms with Gasteiger partial charge in [0.25, 0.3) is 0 Å². The van der Waals surface area contributed by atoms with Crippen molar-refractivity contribution in [3.8, 4) is 0 Å². The molecule has 0 amide bonds. The number of nitrogens with one attached hydrogen (secondary N) is 1. The molecule has 0 saturated heterocycles. The molecular weight excluding hydrogens is 335 g/mol. The van der Waals surface area contributed by atoms with Gasteiger partial charge in [0.1, 0.15) is 0 Å². The number of hydrogen-bond acceptors (Lipinski definition) is 4. The van der Waals surface area contributed by atoms with Gasteiger partial charge in [-0.2, -0.15) is 13.2 Å². The molecule has 1 unspecified atom stereocenters. The zero-order chi connectivity index (χ0) is 18.6. The van der Waals surface area contributed by atoms with Crippen molar-refractivity contribution in [1.29, 1.82) is 0 Å². The molecule has 0 aliphatic carbocycles. The molecule has 1 atom stereocenters. The molecule has 7 heteroatoms. The van der Waals surface area contributed by atoms with E-state index in [9.17, 15) is 22.8 Å². The lowest BCUT2D eigenvalue weighted by atomic mass is 10.0. The second-order valence-electron chi connectivity index (χ2n) is 5.37. The van der Waals surface area contributed by atoms with Gasteiger partial charge in [-0.1, -0.05) is 12.1 Å². The molecule has 25 heavy (non-hydrogen) atoms. The van der Waals surface area contributed by atoms with Crippen LogP contribution in [0, 0.1) is 0 Å². The van der Waals surface area contributed by atoms with Crippen LogP contribution in [0.25, 0.3) is 0 Å². The summed E-state index contributed by atoms with van der Waals surface area (Å²) in [6.45, 7) is 1.61. The highest BCUT2D eigenvalue weighted by Gasteiger charge is 2.30. The van der Waals surface area contributed by atoms with E-state index in [0.29, 0.717) is 11.3 Å². The highest BCUT2D eigenvalue weighted by Crippen LogP contribution is 2.29. The maximum Gasteiger partial charge on any atom is 0.416 e. The fraction of sp³-hybridized carbons (Fsp3) is 0.222. The first-order chi connectivity index (χ1) is 11.7. The number of esters is 1. The molecule has 0 spiro atoms. The van der Waals surface area contributed by atoms with E-state index in [1.54, 1.807) is 31.2 Å². The van der Waals surface area contributed by atoms with Gasteiger partial charge in [0, 0.05) is 11.3 Å². The van der Waals surface area contributed by atoms with E-state index in [-0.39, 0.29) is 11.3 Å². The number of rotatable bonds is 5. The van der Waals surface area contributed by atoms with Gasteiger partial charge in [-0.05, 0) is 43.3 Å². The van der Waals surface area contributed by atoms with Crippen molar-refractivity contribution in [3.63, 3.8) is 0 Å². The Kier molecular flexibility index (Phi) is 5.46. The highest BCUT2D eigenvalue weighted by atomic mass is 19.4. The average molecular weight is 351 g/mol. The molecule has 0 aliphatic rings. The molecule has 1 N–H and O–H groups in total. The summed E-state index contributed by atoms with van der Waals surface area (Å²) in [5.41, 5.74) is 0.345. The quantitative estimate of drug-likeness (QED) is 0.649. The van der Waals surface area contributed by atoms with Crippen LogP contribution in [0.2, 0.25) is 0 Å². The molecule has 0 aliphatic heterocycles. The molecule has 2 aromatic rings. The second-order valence-corrected chi connectivity index (χ2v) is 5.37. The lowest BCUT2D eigenvalue weighted by molar-refractivity contribution is -0.137. The minimum Gasteiger partial charge on any atom is -0.465 e. The SMILES string of the molecule is COC(=O)c1ccc(NC(C)C(=O)c2ccc(C(F)(F)F)cc2)cc1. The summed E-state index contributed by atoms with van der Waals surface area (Å²) in [6, 6.07) is 9.74. The van der Waals surface area contributed by atoms with Gasteiger partial charge in [-0.3, -0.25) is 4.79 Å². The highest BCUT2D eigenvalue weighted by molar-refractivity contribution is 6.01. The number of alkyl halides is 3. The van der Waals surface area contributed by atoms with E-state index in [2.05, 4.69) is 10.1 Å². The fourth-order valence-electron chi connectivity index (χ4n) is 2.21. The van der Waals surface area contributed by atoms with Gasteiger partial charge < -0.3 is 10.1 Å². The number of carbonyl (C=O) groups excluding carboxylic acids is 2. The monoisotopic (exact) mass is 351 g/mol. The van der Waals surface area contributed by atoms with E-state index in [4.69, 9.17) is 0 Å². The van der Waals surface area contributed by atoms with Crippen molar-refractivity contribution in [3.05, 3.63) is 65.2 Å². The van der Waals surface area contributed by atoms with Gasteiger partial charge in [0.15, 0.2) is 5.78 Å². The standard InChI is InChI=1S/C18H16F3NO3/c1-11(22-15-9-5-13(6-10-15)17(24)25-2)16(23)12-3-7-14(8-4-12)18(19,20)21/h3-11,22H,1-2H3. The fourth-order valence-corrected chi connectivity index (χ4v) is 2.21. The third-order valence-corrected chi connectivity index (χ3v) is 3.58. The van der Waals surface area contributed by atoms with Gasteiger partial charge in [0.05, 0.1) is 24.3 Å². The molecule has 132 valence electrons. The summed E-state index contributed by atoms with van der Waals surface area (Å²) < 4.78 is 42.2. The summed E-state index contributed by atoms with van der Waals surface area (Å²) in [6.07, 6.45) is -4.44. The molecule has 0 saturated carbocycles. The van der Waals surface area contributed by atoms with Crippen molar-refractivity contribution in [2.45, 2.75) is 19.1 Å². The number of Topliss-reactive ketones (excluding diaryl/α,β-unsaturated/α-hetero) is 1. The molecule has 0 fully saturated rings. The summed E-state index contributed by atoms with van der Waals surface area (Å²) >= 11 is 0. The second kappa shape index (κ2) is 7.38. The van der Waals surface area contributed by atoms with Crippen LogP contribution in [0.4, 0.5) is 18.9 Å². The smallest absolute Gasteiger partial charge is 0.416 e. The van der Waals surface area contributed by atoms with Crippen molar-refractivity contribution in [2.24, 2.45) is 0 Å². The van der Waals surface area contributed by atoms with Gasteiger partial charge in [0.2, 0.25) is 0 Å². The Balaban J connectivity index is 2.06. The van der Waals surface area contributed by atoms with Crippen LogP contribution in [-0.4, -0.2) is 24.9 Å². The summed E-state index contributed by atoms with van der Waals surface area (Å²) in [7, 11) is 1.28. The number of anilines is 1. The lowest BCUT2D eigenvalue weighted by Gasteiger charge is -2.15. The summed E-state index contributed by atoms with van der Waals surface area (Å²) in [5, 5.41) is 2.95. The number of carbonyl (C=O) groups is 2. The number of ketones is 1. The normalized spacial score (nSPS) is 12.4. The van der Waals surface area contributed by atoms with E-state index < -0.39 is 23.8 Å². The Morgan fingerprint density at radius 3 is 1.96 bits per heavy atom. The molecule has 4 nitrogen and oxygen atoms in total. The van der Waals surface area contributed by atoms with E-state index >= 15 is 0 Å². The van der Waals surface area contributed by atoms with E-state index in [1.807, 2.05) is 0 Å². The Morgan fingerprint density at radius 1 is 0.960 bits per heavy atom. The third kappa shape index (κ3) is 4.59. The average Bonchev–Trinajstić information content (AvgIpc) is 2.60. The van der Waals surface area contributed by atoms with Crippen LogP contribution >= 0.6 is 0 Å². The van der Waals surface area contributed by atoms with Crippen molar-refractivity contribution in [1.82, 2.24) is 0 Å². The zero-order valence-corrected chi connectivity index (χ0v) is 13.6. The molecule has 0 bridgehead atoms. The van der Waals surface area contributed by atoms with Gasteiger partial charge >= 0.3 is 12.1 Å². The van der Waals surface area contributed by atoms with Crippen molar-refractivity contribution < 1.29 is 27.5 Å². The number of halogens is 3. The molecule has 0 radical (unpaired) electrons. The third-order valence-electron chi connectivity index (χ3n) is 3.58. The molecule has 2 aromatic carbocycles. The summed E-state index contributed by atoms with van der Waals surface area (Å²) in [4.78, 5) is 23.7. The van der Waals surface area contributed by atoms with E-state index in [0.717, 1.165) is 24.3 Å². The number of hydrogen-bond donors (Lipinski definition) is 1. The Bertz CT molecular complexity index is 753. The molecule has 2 rings (SSSR count). The van der Waals surface area contributed by atoms with Crippen LogP contribution in [0.5, 0.6) is 0 Å². The summed E-state index contributed by atoms with van der Waals surface area (Å²) in [5.74, 6) is -0.814. The van der Waals surface area contributed by atoms with Crippen LogP contribution in [0.1, 0.15) is 33.2 Å². The first kappa shape index (κ1) is 18.5. The van der Waals surface area contributed by atoms with Crippen molar-refractivity contribution >= 4 is 17.4 Å². The van der Waals surface area contributed by atoms with E-state index in [1.165, 1.54) is 7.11 Å². The molecule has 0 aromatic heterocycles. The van der Waals surface area contributed by atoms with Crippen LogP contribution in [0.15, 0.2) is 48.5 Å². The van der Waals surface area contributed by atoms with Gasteiger partial charge in [-0.25, -0.2) is 4.79 Å². The van der Waals surface area contributed by atoms with Gasteiger partial charge in [-0.15, -0.1) is 0 Å². The van der Waals surface area contributed by atoms with Crippen LogP contribution in [-0.2, 0) is 10.9 Å².